The minimum atomic E-state index is -0.847. The van der Waals surface area contributed by atoms with Crippen molar-refractivity contribution in [3.63, 3.8) is 0 Å². The van der Waals surface area contributed by atoms with Gasteiger partial charge in [0.15, 0.2) is 0 Å². The van der Waals surface area contributed by atoms with Crippen LogP contribution in [0, 0.1) is 17.2 Å². The monoisotopic (exact) mass is 474 g/mol. The topological polar surface area (TPSA) is 92.0 Å². The van der Waals surface area contributed by atoms with Crippen molar-refractivity contribution in [3.05, 3.63) is 59.9 Å². The third kappa shape index (κ3) is 4.44. The number of hydrogen-bond donors (Lipinski definition) is 1. The van der Waals surface area contributed by atoms with Gasteiger partial charge in [-0.05, 0) is 51.2 Å². The molecule has 174 valence electrons. The van der Waals surface area contributed by atoms with Crippen molar-refractivity contribution in [2.45, 2.75) is 57.6 Å². The Balaban J connectivity index is 1.48. The fourth-order valence-electron chi connectivity index (χ4n) is 4.88. The molecule has 0 spiro atoms. The second-order valence-corrected chi connectivity index (χ2v) is 10.2. The summed E-state index contributed by atoms with van der Waals surface area (Å²) in [6.45, 7) is 3.91. The minimum absolute atomic E-state index is 0.152. The molecule has 4 aromatic rings. The average molecular weight is 475 g/mol. The van der Waals surface area contributed by atoms with E-state index in [4.69, 9.17) is 16.6 Å². The van der Waals surface area contributed by atoms with Crippen LogP contribution in [0.1, 0.15) is 51.1 Å². The van der Waals surface area contributed by atoms with Crippen molar-refractivity contribution in [1.29, 1.82) is 5.26 Å². The van der Waals surface area contributed by atoms with Crippen molar-refractivity contribution in [2.24, 2.45) is 5.92 Å². The van der Waals surface area contributed by atoms with E-state index in [0.717, 1.165) is 59.1 Å². The normalized spacial score (nSPS) is 18.8. The van der Waals surface area contributed by atoms with Gasteiger partial charge in [0.2, 0.25) is 0 Å². The average Bonchev–Trinajstić information content (AvgIpc) is 3.45. The summed E-state index contributed by atoms with van der Waals surface area (Å²) in [6.07, 6.45) is 13.0. The molecule has 0 atom stereocenters. The lowest BCUT2D eigenvalue weighted by atomic mass is 9.80. The van der Waals surface area contributed by atoms with Gasteiger partial charge in [0.05, 0.1) is 41.8 Å². The standard InChI is InChI=1S/C26H27ClN6O/c1-26(2,34)16-32-15-20(13-30-32)21-8-7-19(11-23(21)27)22-14-31-33-10-9-29-24(25(22)33)18-5-3-17(12-28)4-6-18/h7-11,13-15,17-18,34H,3-6,16H2,1-2H3/t17-,18+. The fraction of sp³-hybridized carbons (Fsp3) is 0.385. The molecular formula is C26H27ClN6O. The van der Waals surface area contributed by atoms with Crippen LogP contribution in [-0.2, 0) is 6.54 Å². The number of halogens is 1. The second-order valence-electron chi connectivity index (χ2n) is 9.78. The Kier molecular flexibility index (Phi) is 5.88. The molecule has 8 heteroatoms. The number of fused-ring (bicyclic) bond motifs is 1. The van der Waals surface area contributed by atoms with Crippen LogP contribution >= 0.6 is 11.6 Å². The molecule has 0 radical (unpaired) electrons. The number of aromatic nitrogens is 5. The molecular weight excluding hydrogens is 448 g/mol. The molecule has 34 heavy (non-hydrogen) atoms. The molecule has 7 nitrogen and oxygen atoms in total. The van der Waals surface area contributed by atoms with Crippen LogP contribution in [0.5, 0.6) is 0 Å². The molecule has 5 rings (SSSR count). The first-order chi connectivity index (χ1) is 16.3. The Labute approximate surface area is 203 Å². The molecule has 3 aromatic heterocycles. The van der Waals surface area contributed by atoms with Crippen LogP contribution in [0.2, 0.25) is 5.02 Å². The summed E-state index contributed by atoms with van der Waals surface area (Å²) in [6, 6.07) is 8.43. The predicted molar refractivity (Wildman–Crippen MR) is 131 cm³/mol. The Morgan fingerprint density at radius 3 is 2.62 bits per heavy atom. The maximum atomic E-state index is 10.1. The first kappa shape index (κ1) is 22.6. The molecule has 1 aliphatic rings. The van der Waals surface area contributed by atoms with Crippen LogP contribution < -0.4 is 0 Å². The summed E-state index contributed by atoms with van der Waals surface area (Å²) in [7, 11) is 0. The molecule has 0 amide bonds. The van der Waals surface area contributed by atoms with Gasteiger partial charge in [-0.1, -0.05) is 23.7 Å². The predicted octanol–water partition coefficient (Wildman–Crippen LogP) is 5.48. The highest BCUT2D eigenvalue weighted by Gasteiger charge is 2.26. The number of hydrogen-bond acceptors (Lipinski definition) is 5. The molecule has 0 saturated heterocycles. The van der Waals surface area contributed by atoms with Gasteiger partial charge in [-0.25, -0.2) is 4.52 Å². The molecule has 1 saturated carbocycles. The maximum absolute atomic E-state index is 10.1. The van der Waals surface area contributed by atoms with E-state index in [9.17, 15) is 10.4 Å². The number of aliphatic hydroxyl groups is 1. The third-order valence-corrected chi connectivity index (χ3v) is 6.84. The molecule has 1 aliphatic carbocycles. The van der Waals surface area contributed by atoms with Crippen LogP contribution in [0.4, 0.5) is 0 Å². The van der Waals surface area contributed by atoms with E-state index in [0.29, 0.717) is 17.5 Å². The second kappa shape index (κ2) is 8.86. The smallest absolute Gasteiger partial charge is 0.0958 e. The number of rotatable bonds is 5. The van der Waals surface area contributed by atoms with Gasteiger partial charge in [0.25, 0.3) is 0 Å². The highest BCUT2D eigenvalue weighted by atomic mass is 35.5. The largest absolute Gasteiger partial charge is 0.389 e. The SMILES string of the molecule is CC(C)(O)Cn1cc(-c2ccc(-c3cnn4ccnc([C@H]5CC[C@@H](C#N)CC5)c34)cc2Cl)cn1. The van der Waals surface area contributed by atoms with Gasteiger partial charge in [0.1, 0.15) is 0 Å². The molecule has 1 N–H and O–H groups in total. The zero-order valence-electron chi connectivity index (χ0n) is 19.3. The van der Waals surface area contributed by atoms with E-state index in [1.54, 1.807) is 30.9 Å². The van der Waals surface area contributed by atoms with Crippen LogP contribution in [0.3, 0.4) is 0 Å². The fourth-order valence-corrected chi connectivity index (χ4v) is 5.17. The Morgan fingerprint density at radius 1 is 1.12 bits per heavy atom. The summed E-state index contributed by atoms with van der Waals surface area (Å²) in [5.41, 5.74) is 4.96. The summed E-state index contributed by atoms with van der Waals surface area (Å²) in [4.78, 5) is 4.75. The number of nitriles is 1. The lowest BCUT2D eigenvalue weighted by Gasteiger charge is -2.25. The Bertz CT molecular complexity index is 1370. The minimum Gasteiger partial charge on any atom is -0.389 e. The summed E-state index contributed by atoms with van der Waals surface area (Å²) < 4.78 is 3.61. The zero-order valence-corrected chi connectivity index (χ0v) is 20.1. The van der Waals surface area contributed by atoms with Crippen molar-refractivity contribution in [3.8, 4) is 28.3 Å². The van der Waals surface area contributed by atoms with Gasteiger partial charge in [0, 0.05) is 52.1 Å². The van der Waals surface area contributed by atoms with Gasteiger partial charge in [-0.15, -0.1) is 0 Å². The van der Waals surface area contributed by atoms with Gasteiger partial charge in [-0.2, -0.15) is 15.5 Å². The molecule has 0 aliphatic heterocycles. The lowest BCUT2D eigenvalue weighted by Crippen LogP contribution is -2.26. The number of nitrogens with zero attached hydrogens (tertiary/aromatic N) is 6. The Hall–Kier alpha value is -3.21. The third-order valence-electron chi connectivity index (χ3n) is 6.53. The molecule has 0 bridgehead atoms. The molecule has 1 aromatic carbocycles. The number of benzene rings is 1. The molecule has 3 heterocycles. The first-order valence-corrected chi connectivity index (χ1v) is 12.0. The Morgan fingerprint density at radius 2 is 1.91 bits per heavy atom. The zero-order chi connectivity index (χ0) is 23.9. The summed E-state index contributed by atoms with van der Waals surface area (Å²) in [5.74, 6) is 0.472. The van der Waals surface area contributed by atoms with E-state index in [1.165, 1.54) is 0 Å². The summed E-state index contributed by atoms with van der Waals surface area (Å²) >= 11 is 6.73. The van der Waals surface area contributed by atoms with E-state index >= 15 is 0 Å². The van der Waals surface area contributed by atoms with E-state index in [1.807, 2.05) is 35.2 Å². The van der Waals surface area contributed by atoms with Crippen molar-refractivity contribution >= 4 is 17.1 Å². The van der Waals surface area contributed by atoms with Gasteiger partial charge >= 0.3 is 0 Å². The van der Waals surface area contributed by atoms with E-state index in [-0.39, 0.29) is 5.92 Å². The quantitative estimate of drug-likeness (QED) is 0.413. The molecule has 1 fully saturated rings. The lowest BCUT2D eigenvalue weighted by molar-refractivity contribution is 0.0577. The van der Waals surface area contributed by atoms with E-state index < -0.39 is 5.60 Å². The molecule has 0 unspecified atom stereocenters. The van der Waals surface area contributed by atoms with Gasteiger partial charge in [-0.3, -0.25) is 9.67 Å². The van der Waals surface area contributed by atoms with Gasteiger partial charge < -0.3 is 5.11 Å². The van der Waals surface area contributed by atoms with Crippen molar-refractivity contribution < 1.29 is 5.11 Å². The maximum Gasteiger partial charge on any atom is 0.0958 e. The highest BCUT2D eigenvalue weighted by Crippen LogP contribution is 2.40. The summed E-state index contributed by atoms with van der Waals surface area (Å²) in [5, 5.41) is 28.9. The van der Waals surface area contributed by atoms with E-state index in [2.05, 4.69) is 22.3 Å². The van der Waals surface area contributed by atoms with Crippen molar-refractivity contribution in [2.75, 3.05) is 0 Å². The van der Waals surface area contributed by atoms with Crippen molar-refractivity contribution in [1.82, 2.24) is 24.4 Å². The highest BCUT2D eigenvalue weighted by molar-refractivity contribution is 6.33. The first-order valence-electron chi connectivity index (χ1n) is 11.6. The van der Waals surface area contributed by atoms with Crippen LogP contribution in [0.25, 0.3) is 27.8 Å². The van der Waals surface area contributed by atoms with Crippen LogP contribution in [0.15, 0.2) is 49.2 Å². The van der Waals surface area contributed by atoms with Crippen LogP contribution in [-0.4, -0.2) is 35.1 Å².